The largest absolute Gasteiger partial charge is 0.507 e. The van der Waals surface area contributed by atoms with E-state index in [0.717, 1.165) is 27.0 Å². The molecule has 0 aliphatic carbocycles. The summed E-state index contributed by atoms with van der Waals surface area (Å²) in [6.07, 6.45) is 0. The molecule has 0 heterocycles. The lowest BCUT2D eigenvalue weighted by Gasteiger charge is -2.03. The number of nitrogens with zero attached hydrogens (tertiary/aromatic N) is 2. The van der Waals surface area contributed by atoms with Gasteiger partial charge in [-0.1, -0.05) is 12.1 Å². The molecule has 0 amide bonds. The SMILES string of the molecule is Cc1cc(N=Nc2ccccc2Br)cc(C)c1O. The van der Waals surface area contributed by atoms with Crippen molar-refractivity contribution in [3.05, 3.63) is 52.0 Å². The van der Waals surface area contributed by atoms with Crippen LogP contribution in [0, 0.1) is 13.8 Å². The van der Waals surface area contributed by atoms with E-state index in [1.54, 1.807) is 0 Å². The van der Waals surface area contributed by atoms with Crippen LogP contribution in [-0.4, -0.2) is 5.11 Å². The maximum absolute atomic E-state index is 9.68. The molecule has 0 bridgehead atoms. The van der Waals surface area contributed by atoms with Crippen LogP contribution in [0.15, 0.2) is 51.1 Å². The highest BCUT2D eigenvalue weighted by Gasteiger charge is 2.03. The third kappa shape index (κ3) is 2.76. The Bertz CT molecular complexity index is 585. The monoisotopic (exact) mass is 304 g/mol. The standard InChI is InChI=1S/C14H13BrN2O/c1-9-7-11(8-10(2)14(9)18)16-17-13-6-4-3-5-12(13)15/h3-8,18H,1-2H3. The van der Waals surface area contributed by atoms with Crippen molar-refractivity contribution in [1.82, 2.24) is 0 Å². The fourth-order valence-corrected chi connectivity index (χ4v) is 2.00. The molecule has 92 valence electrons. The van der Waals surface area contributed by atoms with Gasteiger partial charge in [-0.25, -0.2) is 0 Å². The van der Waals surface area contributed by atoms with E-state index in [4.69, 9.17) is 0 Å². The molecule has 0 aliphatic heterocycles. The number of phenolic OH excluding ortho intramolecular Hbond substituents is 1. The van der Waals surface area contributed by atoms with Gasteiger partial charge in [-0.15, -0.1) is 5.11 Å². The second kappa shape index (κ2) is 5.31. The zero-order chi connectivity index (χ0) is 13.1. The van der Waals surface area contributed by atoms with Gasteiger partial charge < -0.3 is 5.11 Å². The quantitative estimate of drug-likeness (QED) is 0.763. The summed E-state index contributed by atoms with van der Waals surface area (Å²) in [5, 5.41) is 18.0. The van der Waals surface area contributed by atoms with Gasteiger partial charge in [0.1, 0.15) is 5.75 Å². The number of aryl methyl sites for hydroxylation is 2. The van der Waals surface area contributed by atoms with Crippen molar-refractivity contribution in [3.8, 4) is 5.75 Å². The Balaban J connectivity index is 2.33. The third-order valence-corrected chi connectivity index (χ3v) is 3.27. The molecule has 0 spiro atoms. The number of aromatic hydroxyl groups is 1. The first-order valence-corrected chi connectivity index (χ1v) is 6.33. The molecule has 0 unspecified atom stereocenters. The Hall–Kier alpha value is -1.68. The summed E-state index contributed by atoms with van der Waals surface area (Å²) in [5.41, 5.74) is 3.12. The molecule has 4 heteroatoms. The smallest absolute Gasteiger partial charge is 0.121 e. The lowest BCUT2D eigenvalue weighted by Crippen LogP contribution is -1.79. The maximum Gasteiger partial charge on any atom is 0.121 e. The van der Waals surface area contributed by atoms with Gasteiger partial charge in [0.05, 0.1) is 11.4 Å². The van der Waals surface area contributed by atoms with Crippen molar-refractivity contribution >= 4 is 27.3 Å². The fraction of sp³-hybridized carbons (Fsp3) is 0.143. The minimum absolute atomic E-state index is 0.315. The molecule has 0 aliphatic rings. The zero-order valence-corrected chi connectivity index (χ0v) is 11.8. The van der Waals surface area contributed by atoms with Crippen LogP contribution in [0.5, 0.6) is 5.75 Å². The molecular formula is C14H13BrN2O. The van der Waals surface area contributed by atoms with E-state index in [1.807, 2.05) is 50.2 Å². The summed E-state index contributed by atoms with van der Waals surface area (Å²) in [7, 11) is 0. The molecule has 0 atom stereocenters. The third-order valence-electron chi connectivity index (χ3n) is 2.60. The van der Waals surface area contributed by atoms with Crippen LogP contribution in [0.1, 0.15) is 11.1 Å². The Morgan fingerprint density at radius 3 is 2.22 bits per heavy atom. The van der Waals surface area contributed by atoms with E-state index in [2.05, 4.69) is 26.2 Å². The first kappa shape index (κ1) is 12.8. The van der Waals surface area contributed by atoms with Crippen molar-refractivity contribution < 1.29 is 5.11 Å². The Kier molecular flexibility index (Phi) is 3.77. The van der Waals surface area contributed by atoms with Gasteiger partial charge in [0, 0.05) is 4.47 Å². The highest BCUT2D eigenvalue weighted by molar-refractivity contribution is 9.10. The van der Waals surface area contributed by atoms with E-state index < -0.39 is 0 Å². The number of phenols is 1. The summed E-state index contributed by atoms with van der Waals surface area (Å²) < 4.78 is 0.904. The Morgan fingerprint density at radius 2 is 1.61 bits per heavy atom. The number of azo groups is 1. The second-order valence-corrected chi connectivity index (χ2v) is 4.93. The van der Waals surface area contributed by atoms with Gasteiger partial charge in [0.15, 0.2) is 0 Å². The topological polar surface area (TPSA) is 45.0 Å². The highest BCUT2D eigenvalue weighted by atomic mass is 79.9. The minimum Gasteiger partial charge on any atom is -0.507 e. The van der Waals surface area contributed by atoms with E-state index in [1.165, 1.54) is 0 Å². The van der Waals surface area contributed by atoms with Gasteiger partial charge >= 0.3 is 0 Å². The van der Waals surface area contributed by atoms with Gasteiger partial charge in [0.2, 0.25) is 0 Å². The van der Waals surface area contributed by atoms with Crippen molar-refractivity contribution in [2.75, 3.05) is 0 Å². The molecule has 2 aromatic rings. The summed E-state index contributed by atoms with van der Waals surface area (Å²) in [5.74, 6) is 0.315. The van der Waals surface area contributed by atoms with E-state index in [9.17, 15) is 5.11 Å². The molecular weight excluding hydrogens is 292 g/mol. The van der Waals surface area contributed by atoms with Crippen LogP contribution in [0.2, 0.25) is 0 Å². The van der Waals surface area contributed by atoms with Gasteiger partial charge in [0.25, 0.3) is 0 Å². The molecule has 18 heavy (non-hydrogen) atoms. The predicted molar refractivity (Wildman–Crippen MR) is 75.9 cm³/mol. The molecule has 0 saturated heterocycles. The predicted octanol–water partition coefficient (Wildman–Crippen LogP) is 5.19. The normalized spacial score (nSPS) is 11.1. The average Bonchev–Trinajstić information content (AvgIpc) is 2.35. The van der Waals surface area contributed by atoms with Gasteiger partial charge in [-0.2, -0.15) is 5.11 Å². The molecule has 2 aromatic carbocycles. The van der Waals surface area contributed by atoms with Crippen molar-refractivity contribution in [3.63, 3.8) is 0 Å². The van der Waals surface area contributed by atoms with Crippen molar-refractivity contribution in [2.24, 2.45) is 10.2 Å². The number of rotatable bonds is 2. The summed E-state index contributed by atoms with van der Waals surface area (Å²) in [6, 6.07) is 11.3. The van der Waals surface area contributed by atoms with Crippen LogP contribution in [-0.2, 0) is 0 Å². The number of benzene rings is 2. The molecule has 1 N–H and O–H groups in total. The van der Waals surface area contributed by atoms with Gasteiger partial charge in [-0.3, -0.25) is 0 Å². The fourth-order valence-electron chi connectivity index (χ4n) is 1.64. The Morgan fingerprint density at radius 1 is 1.00 bits per heavy atom. The molecule has 3 nitrogen and oxygen atoms in total. The zero-order valence-electron chi connectivity index (χ0n) is 10.2. The van der Waals surface area contributed by atoms with Crippen LogP contribution < -0.4 is 0 Å². The molecule has 0 radical (unpaired) electrons. The first-order chi connectivity index (χ1) is 8.58. The molecule has 0 saturated carbocycles. The summed E-state index contributed by atoms with van der Waals surface area (Å²) in [4.78, 5) is 0. The number of halogens is 1. The van der Waals surface area contributed by atoms with Crippen LogP contribution in [0.3, 0.4) is 0 Å². The lowest BCUT2D eigenvalue weighted by atomic mass is 10.1. The molecule has 2 rings (SSSR count). The first-order valence-electron chi connectivity index (χ1n) is 5.54. The van der Waals surface area contributed by atoms with E-state index in [-0.39, 0.29) is 0 Å². The highest BCUT2D eigenvalue weighted by Crippen LogP contribution is 2.30. The second-order valence-electron chi connectivity index (χ2n) is 4.08. The average molecular weight is 305 g/mol. The lowest BCUT2D eigenvalue weighted by molar-refractivity contribution is 0.467. The minimum atomic E-state index is 0.315. The van der Waals surface area contributed by atoms with Crippen molar-refractivity contribution in [2.45, 2.75) is 13.8 Å². The Labute approximate surface area is 114 Å². The number of hydrogen-bond donors (Lipinski definition) is 1. The van der Waals surface area contributed by atoms with E-state index in [0.29, 0.717) is 5.75 Å². The van der Waals surface area contributed by atoms with Crippen molar-refractivity contribution in [1.29, 1.82) is 0 Å². The van der Waals surface area contributed by atoms with Crippen LogP contribution >= 0.6 is 15.9 Å². The summed E-state index contributed by atoms with van der Waals surface area (Å²) >= 11 is 3.42. The summed E-state index contributed by atoms with van der Waals surface area (Å²) in [6.45, 7) is 3.69. The maximum atomic E-state index is 9.68. The molecule has 0 aromatic heterocycles. The van der Waals surface area contributed by atoms with Gasteiger partial charge in [-0.05, 0) is 65.2 Å². The molecule has 0 fully saturated rings. The van der Waals surface area contributed by atoms with Crippen LogP contribution in [0.25, 0.3) is 0 Å². The number of hydrogen-bond acceptors (Lipinski definition) is 3. The van der Waals surface area contributed by atoms with Crippen LogP contribution in [0.4, 0.5) is 11.4 Å². The van der Waals surface area contributed by atoms with E-state index >= 15 is 0 Å².